The predicted octanol–water partition coefficient (Wildman–Crippen LogP) is 2.89. The Morgan fingerprint density at radius 2 is 1.62 bits per heavy atom. The van der Waals surface area contributed by atoms with Crippen LogP contribution in [0.4, 0.5) is 16.2 Å². The van der Waals surface area contributed by atoms with Crippen molar-refractivity contribution >= 4 is 52.3 Å². The monoisotopic (exact) mass is 413 g/mol. The molecule has 9 heteroatoms. The van der Waals surface area contributed by atoms with Crippen LogP contribution in [0.25, 0.3) is 0 Å². The third-order valence-corrected chi connectivity index (χ3v) is 3.85. The van der Waals surface area contributed by atoms with E-state index in [4.69, 9.17) is 12.2 Å². The molecule has 0 aromatic heterocycles. The van der Waals surface area contributed by atoms with Crippen molar-refractivity contribution in [3.63, 3.8) is 0 Å². The van der Waals surface area contributed by atoms with Crippen molar-refractivity contribution in [1.29, 1.82) is 0 Å². The zero-order valence-corrected chi connectivity index (χ0v) is 16.6. The first-order valence-electron chi connectivity index (χ1n) is 8.49. The van der Waals surface area contributed by atoms with E-state index in [0.29, 0.717) is 11.1 Å². The van der Waals surface area contributed by atoms with Gasteiger partial charge in [-0.25, -0.2) is 4.79 Å². The van der Waals surface area contributed by atoms with Crippen LogP contribution in [-0.4, -0.2) is 35.8 Å². The molecule has 0 aliphatic heterocycles. The molecule has 0 bridgehead atoms. The topological polar surface area (TPSA) is 114 Å². The number of ether oxygens (including phenoxy) is 1. The molecule has 0 saturated carbocycles. The second-order valence-corrected chi connectivity index (χ2v) is 6.36. The van der Waals surface area contributed by atoms with E-state index >= 15 is 0 Å². The summed E-state index contributed by atoms with van der Waals surface area (Å²) in [5, 5.41) is 7.52. The average molecular weight is 413 g/mol. The molecule has 0 radical (unpaired) electrons. The first-order chi connectivity index (χ1) is 13.8. The number of amides is 2. The largest absolute Gasteiger partial charge is 0.453 e. The number of methoxy groups -OCH3 is 1. The first kappa shape index (κ1) is 21.7. The van der Waals surface area contributed by atoms with Crippen LogP contribution in [0, 0.1) is 0 Å². The van der Waals surface area contributed by atoms with E-state index in [1.54, 1.807) is 36.4 Å². The molecule has 0 aliphatic carbocycles. The van der Waals surface area contributed by atoms with Crippen molar-refractivity contribution in [3.8, 4) is 0 Å². The van der Waals surface area contributed by atoms with Gasteiger partial charge in [0.15, 0.2) is 10.9 Å². The fraction of sp³-hybridized carbons (Fsp3) is 0.150. The highest BCUT2D eigenvalue weighted by Crippen LogP contribution is 2.25. The summed E-state index contributed by atoms with van der Waals surface area (Å²) < 4.78 is 4.48. The number of Topliss-reactive ketones (excluding diaryl/α,β-unsaturated/α-hetero) is 1. The van der Waals surface area contributed by atoms with Crippen molar-refractivity contribution in [2.45, 2.75) is 13.3 Å². The zero-order valence-electron chi connectivity index (χ0n) is 15.8. The van der Waals surface area contributed by atoms with Crippen LogP contribution in [0.15, 0.2) is 48.5 Å². The van der Waals surface area contributed by atoms with Crippen LogP contribution in [0.1, 0.15) is 29.3 Å². The van der Waals surface area contributed by atoms with Crippen LogP contribution in [0.5, 0.6) is 0 Å². The summed E-state index contributed by atoms with van der Waals surface area (Å²) >= 11 is 5.05. The number of anilines is 2. The fourth-order valence-electron chi connectivity index (χ4n) is 2.37. The first-order valence-corrected chi connectivity index (χ1v) is 8.90. The summed E-state index contributed by atoms with van der Waals surface area (Å²) in [6.07, 6.45) is -1.07. The van der Waals surface area contributed by atoms with Crippen molar-refractivity contribution < 1.29 is 23.9 Å². The highest BCUT2D eigenvalue weighted by Gasteiger charge is 2.15. The highest BCUT2D eigenvalue weighted by molar-refractivity contribution is 7.80. The molecule has 2 amide bonds. The molecule has 0 heterocycles. The maximum Gasteiger partial charge on any atom is 0.413 e. The van der Waals surface area contributed by atoms with E-state index in [1.165, 1.54) is 26.2 Å². The van der Waals surface area contributed by atoms with Crippen molar-refractivity contribution in [2.75, 3.05) is 17.7 Å². The van der Waals surface area contributed by atoms with Crippen molar-refractivity contribution in [1.82, 2.24) is 5.32 Å². The number of nitrogens with one attached hydrogen (secondary N) is 3. The molecular weight excluding hydrogens is 394 g/mol. The SMILES string of the molecule is COC(=O)NC(=S)Nc1cc(C(=O)c2ccccc2)ccc1NC(=O)CC(C)=O. The van der Waals surface area contributed by atoms with Crippen LogP contribution < -0.4 is 16.0 Å². The van der Waals surface area contributed by atoms with E-state index in [-0.39, 0.29) is 34.5 Å². The molecule has 29 heavy (non-hydrogen) atoms. The Balaban J connectivity index is 2.33. The normalized spacial score (nSPS) is 9.86. The van der Waals surface area contributed by atoms with E-state index < -0.39 is 12.0 Å². The van der Waals surface area contributed by atoms with E-state index in [1.807, 2.05) is 0 Å². The van der Waals surface area contributed by atoms with Crippen LogP contribution in [0.3, 0.4) is 0 Å². The summed E-state index contributed by atoms with van der Waals surface area (Å²) in [6, 6.07) is 13.2. The Morgan fingerprint density at radius 1 is 0.931 bits per heavy atom. The number of carbonyl (C=O) groups is 4. The third kappa shape index (κ3) is 6.51. The van der Waals surface area contributed by atoms with Crippen molar-refractivity contribution in [3.05, 3.63) is 59.7 Å². The lowest BCUT2D eigenvalue weighted by molar-refractivity contribution is -0.124. The molecule has 0 aliphatic rings. The molecule has 0 saturated heterocycles. The lowest BCUT2D eigenvalue weighted by atomic mass is 10.0. The summed E-state index contributed by atoms with van der Waals surface area (Å²) in [5.74, 6) is -1.05. The van der Waals surface area contributed by atoms with Gasteiger partial charge in [0, 0.05) is 11.1 Å². The summed E-state index contributed by atoms with van der Waals surface area (Å²) in [4.78, 5) is 47.2. The number of rotatable bonds is 6. The Bertz CT molecular complexity index is 960. The van der Waals surface area contributed by atoms with Crippen LogP contribution in [-0.2, 0) is 14.3 Å². The molecule has 150 valence electrons. The molecule has 0 atom stereocenters. The second-order valence-electron chi connectivity index (χ2n) is 5.95. The summed E-state index contributed by atoms with van der Waals surface area (Å²) in [5.41, 5.74) is 1.38. The average Bonchev–Trinajstić information content (AvgIpc) is 2.68. The van der Waals surface area contributed by atoms with E-state index in [0.717, 1.165) is 0 Å². The molecule has 3 N–H and O–H groups in total. The number of alkyl carbamates (subject to hydrolysis) is 1. The highest BCUT2D eigenvalue weighted by atomic mass is 32.1. The van der Waals surface area contributed by atoms with Gasteiger partial charge in [-0.3, -0.25) is 19.7 Å². The molecule has 2 rings (SSSR count). The lowest BCUT2D eigenvalue weighted by Crippen LogP contribution is -2.34. The minimum Gasteiger partial charge on any atom is -0.453 e. The minimum absolute atomic E-state index is 0.0942. The molecule has 0 fully saturated rings. The van der Waals surface area contributed by atoms with E-state index in [2.05, 4.69) is 20.7 Å². The number of hydrogen-bond acceptors (Lipinski definition) is 6. The molecule has 0 spiro atoms. The van der Waals surface area contributed by atoms with Gasteiger partial charge >= 0.3 is 6.09 Å². The van der Waals surface area contributed by atoms with Gasteiger partial charge in [-0.15, -0.1) is 0 Å². The smallest absolute Gasteiger partial charge is 0.413 e. The third-order valence-electron chi connectivity index (χ3n) is 3.65. The fourth-order valence-corrected chi connectivity index (χ4v) is 2.57. The second kappa shape index (κ2) is 10.1. The number of benzene rings is 2. The number of thiocarbonyl (C=S) groups is 1. The Hall–Kier alpha value is -3.59. The van der Waals surface area contributed by atoms with Gasteiger partial charge in [-0.05, 0) is 37.3 Å². The molecule has 8 nitrogen and oxygen atoms in total. The molecule has 2 aromatic rings. The van der Waals surface area contributed by atoms with Gasteiger partial charge in [-0.1, -0.05) is 30.3 Å². The molecular formula is C20H19N3O5S. The van der Waals surface area contributed by atoms with Gasteiger partial charge in [0.25, 0.3) is 0 Å². The van der Waals surface area contributed by atoms with E-state index in [9.17, 15) is 19.2 Å². The van der Waals surface area contributed by atoms with Crippen LogP contribution >= 0.6 is 12.2 Å². The van der Waals surface area contributed by atoms with Crippen LogP contribution in [0.2, 0.25) is 0 Å². The Morgan fingerprint density at radius 3 is 2.24 bits per heavy atom. The van der Waals surface area contributed by atoms with Gasteiger partial charge in [-0.2, -0.15) is 0 Å². The maximum absolute atomic E-state index is 12.7. The quantitative estimate of drug-likeness (QED) is 0.379. The molecule has 2 aromatic carbocycles. The number of hydrogen-bond donors (Lipinski definition) is 3. The minimum atomic E-state index is -0.777. The standard InChI is InChI=1S/C20H19N3O5S/c1-12(24)10-17(25)21-15-9-8-14(18(26)13-6-4-3-5-7-13)11-16(15)22-19(29)23-20(27)28-2/h3-9,11H,10H2,1-2H3,(H,21,25)(H2,22,23,27,29). The molecule has 0 unspecified atom stereocenters. The number of carbonyl (C=O) groups excluding carboxylic acids is 4. The Kier molecular flexibility index (Phi) is 7.55. The summed E-state index contributed by atoms with van der Waals surface area (Å²) in [6.45, 7) is 1.30. The number of ketones is 2. The van der Waals surface area contributed by atoms with Gasteiger partial charge in [0.1, 0.15) is 5.78 Å². The Labute approximate surface area is 172 Å². The maximum atomic E-state index is 12.7. The zero-order chi connectivity index (χ0) is 21.4. The lowest BCUT2D eigenvalue weighted by Gasteiger charge is -2.15. The predicted molar refractivity (Wildman–Crippen MR) is 112 cm³/mol. The van der Waals surface area contributed by atoms with Gasteiger partial charge in [0.05, 0.1) is 24.9 Å². The van der Waals surface area contributed by atoms with Gasteiger partial charge in [0.2, 0.25) is 5.91 Å². The van der Waals surface area contributed by atoms with Crippen molar-refractivity contribution in [2.24, 2.45) is 0 Å². The summed E-state index contributed by atoms with van der Waals surface area (Å²) in [7, 11) is 1.19. The van der Waals surface area contributed by atoms with Gasteiger partial charge < -0.3 is 15.4 Å².